The first-order valence-electron chi connectivity index (χ1n) is 5.14. The lowest BCUT2D eigenvalue weighted by Crippen LogP contribution is -2.39. The third kappa shape index (κ3) is 8.65. The van der Waals surface area contributed by atoms with Crippen LogP contribution in [-0.2, 0) is 14.8 Å². The zero-order chi connectivity index (χ0) is 13.7. The lowest BCUT2D eigenvalue weighted by atomic mass is 9.87. The maximum atomic E-state index is 11.4. The lowest BCUT2D eigenvalue weighted by Gasteiger charge is -2.25. The Hall–Kier alpha value is -1.13. The molecular weight excluding hydrogens is 244 g/mol. The van der Waals surface area contributed by atoms with Gasteiger partial charge >= 0.3 is 5.97 Å². The molecule has 0 heterocycles. The Kier molecular flexibility index (Phi) is 5.58. The van der Waals surface area contributed by atoms with Gasteiger partial charge in [0, 0.05) is 6.04 Å². The second kappa shape index (κ2) is 5.98. The largest absolute Gasteiger partial charge is 0.481 e. The first-order chi connectivity index (χ1) is 7.56. The van der Waals surface area contributed by atoms with Crippen molar-refractivity contribution in [3.63, 3.8) is 0 Å². The van der Waals surface area contributed by atoms with Gasteiger partial charge in [-0.1, -0.05) is 20.8 Å². The average Bonchev–Trinajstić information content (AvgIpc) is 1.96. The number of nitriles is 1. The molecule has 98 valence electrons. The molecule has 0 amide bonds. The highest BCUT2D eigenvalue weighted by Gasteiger charge is 2.25. The summed E-state index contributed by atoms with van der Waals surface area (Å²) in [4.78, 5) is 10.6. The molecule has 1 atom stereocenters. The Morgan fingerprint density at radius 3 is 2.35 bits per heavy atom. The first-order valence-corrected chi connectivity index (χ1v) is 6.80. The van der Waals surface area contributed by atoms with Crippen molar-refractivity contribution in [3.8, 4) is 6.07 Å². The molecule has 1 unspecified atom stereocenters. The van der Waals surface area contributed by atoms with E-state index in [-0.39, 0.29) is 11.8 Å². The molecule has 0 radical (unpaired) electrons. The van der Waals surface area contributed by atoms with E-state index in [0.717, 1.165) is 0 Å². The number of sulfonamides is 1. The van der Waals surface area contributed by atoms with Gasteiger partial charge in [-0.15, -0.1) is 0 Å². The predicted molar refractivity (Wildman–Crippen MR) is 62.6 cm³/mol. The van der Waals surface area contributed by atoms with Gasteiger partial charge < -0.3 is 5.11 Å². The Morgan fingerprint density at radius 1 is 1.47 bits per heavy atom. The predicted octanol–water partition coefficient (Wildman–Crippen LogP) is 0.709. The highest BCUT2D eigenvalue weighted by Crippen LogP contribution is 2.22. The molecule has 0 aromatic rings. The minimum atomic E-state index is -3.72. The zero-order valence-corrected chi connectivity index (χ0v) is 11.0. The molecule has 17 heavy (non-hydrogen) atoms. The Balaban J connectivity index is 4.72. The van der Waals surface area contributed by atoms with Crippen LogP contribution in [0, 0.1) is 16.7 Å². The molecule has 0 saturated heterocycles. The summed E-state index contributed by atoms with van der Waals surface area (Å²) in [6, 6.07) is 0.843. The topological polar surface area (TPSA) is 107 Å². The van der Waals surface area contributed by atoms with Gasteiger partial charge in [-0.3, -0.25) is 4.79 Å². The van der Waals surface area contributed by atoms with Crippen LogP contribution < -0.4 is 4.72 Å². The zero-order valence-electron chi connectivity index (χ0n) is 10.2. The van der Waals surface area contributed by atoms with Gasteiger partial charge in [0.1, 0.15) is 0 Å². The van der Waals surface area contributed by atoms with Crippen LogP contribution in [-0.4, -0.2) is 31.3 Å². The number of carbonyl (C=O) groups is 1. The normalized spacial score (nSPS) is 14.0. The molecule has 0 aromatic carbocycles. The first kappa shape index (κ1) is 15.9. The highest BCUT2D eigenvalue weighted by molar-refractivity contribution is 7.89. The minimum Gasteiger partial charge on any atom is -0.481 e. The molecule has 0 aliphatic heterocycles. The number of nitrogens with zero attached hydrogens (tertiary/aromatic N) is 1. The van der Waals surface area contributed by atoms with Gasteiger partial charge in [-0.25, -0.2) is 13.1 Å². The van der Waals surface area contributed by atoms with Crippen LogP contribution in [0.4, 0.5) is 0 Å². The van der Waals surface area contributed by atoms with E-state index in [1.165, 1.54) is 6.07 Å². The standard InChI is InChI=1S/C10H18N2O4S/c1-10(2,3)7-8(6-9(13)14)12-17(15,16)5-4-11/h8,12H,5-7H2,1-3H3,(H,13,14). The van der Waals surface area contributed by atoms with Gasteiger partial charge in [-0.2, -0.15) is 5.26 Å². The fraction of sp³-hybridized carbons (Fsp3) is 0.800. The SMILES string of the molecule is CC(C)(C)CC(CC(=O)O)NS(=O)(=O)CC#N. The summed E-state index contributed by atoms with van der Waals surface area (Å²) in [5.41, 5.74) is -0.199. The number of hydrogen-bond acceptors (Lipinski definition) is 4. The van der Waals surface area contributed by atoms with E-state index in [1.807, 2.05) is 20.8 Å². The molecule has 0 bridgehead atoms. The van der Waals surface area contributed by atoms with Gasteiger partial charge in [0.25, 0.3) is 0 Å². The van der Waals surface area contributed by atoms with Crippen molar-refractivity contribution in [1.29, 1.82) is 5.26 Å². The fourth-order valence-corrected chi connectivity index (χ4v) is 2.41. The number of rotatable bonds is 6. The maximum absolute atomic E-state index is 11.4. The summed E-state index contributed by atoms with van der Waals surface area (Å²) in [5.74, 6) is -1.73. The molecule has 0 saturated carbocycles. The number of carboxylic acids is 1. The summed E-state index contributed by atoms with van der Waals surface area (Å²) in [7, 11) is -3.72. The summed E-state index contributed by atoms with van der Waals surface area (Å²) in [5, 5.41) is 17.1. The highest BCUT2D eigenvalue weighted by atomic mass is 32.2. The molecule has 0 aliphatic rings. The molecule has 2 N–H and O–H groups in total. The summed E-state index contributed by atoms with van der Waals surface area (Å²) in [6.45, 7) is 5.67. The van der Waals surface area contributed by atoms with E-state index in [4.69, 9.17) is 10.4 Å². The average molecular weight is 262 g/mol. The molecule has 0 rings (SSSR count). The second-order valence-corrected chi connectivity index (χ2v) is 6.85. The van der Waals surface area contributed by atoms with Crippen LogP contribution in [0.3, 0.4) is 0 Å². The van der Waals surface area contributed by atoms with Crippen molar-refractivity contribution < 1.29 is 18.3 Å². The van der Waals surface area contributed by atoms with Crippen molar-refractivity contribution in [2.75, 3.05) is 5.75 Å². The van der Waals surface area contributed by atoms with Crippen molar-refractivity contribution in [3.05, 3.63) is 0 Å². The smallest absolute Gasteiger partial charge is 0.304 e. The quantitative estimate of drug-likeness (QED) is 0.733. The Labute approximate surface area is 102 Å². The van der Waals surface area contributed by atoms with E-state index < -0.39 is 27.8 Å². The van der Waals surface area contributed by atoms with Crippen molar-refractivity contribution >= 4 is 16.0 Å². The maximum Gasteiger partial charge on any atom is 0.304 e. The summed E-state index contributed by atoms with van der Waals surface area (Å²) >= 11 is 0. The van der Waals surface area contributed by atoms with Gasteiger partial charge in [0.2, 0.25) is 10.0 Å². The van der Waals surface area contributed by atoms with E-state index in [1.54, 1.807) is 0 Å². The minimum absolute atomic E-state index is 0.199. The van der Waals surface area contributed by atoms with Crippen molar-refractivity contribution in [2.24, 2.45) is 5.41 Å². The number of hydrogen-bond donors (Lipinski definition) is 2. The van der Waals surface area contributed by atoms with E-state index >= 15 is 0 Å². The second-order valence-electron chi connectivity index (χ2n) is 5.09. The molecule has 6 nitrogen and oxygen atoms in total. The number of nitrogens with one attached hydrogen (secondary N) is 1. The summed E-state index contributed by atoms with van der Waals surface area (Å²) in [6.07, 6.45) is 0.103. The molecule has 7 heteroatoms. The fourth-order valence-electron chi connectivity index (χ4n) is 1.49. The number of carboxylic acid groups (broad SMARTS) is 1. The van der Waals surface area contributed by atoms with Crippen LogP contribution in [0.25, 0.3) is 0 Å². The molecule has 0 aromatic heterocycles. The molecule has 0 aliphatic carbocycles. The van der Waals surface area contributed by atoms with Crippen LogP contribution in [0.1, 0.15) is 33.6 Å². The molecular formula is C10H18N2O4S. The summed E-state index contributed by atoms with van der Waals surface area (Å²) < 4.78 is 25.0. The van der Waals surface area contributed by atoms with Gasteiger partial charge in [-0.05, 0) is 11.8 Å². The monoisotopic (exact) mass is 262 g/mol. The lowest BCUT2D eigenvalue weighted by molar-refractivity contribution is -0.137. The van der Waals surface area contributed by atoms with Crippen molar-refractivity contribution in [2.45, 2.75) is 39.7 Å². The van der Waals surface area contributed by atoms with Crippen LogP contribution >= 0.6 is 0 Å². The van der Waals surface area contributed by atoms with E-state index in [2.05, 4.69) is 4.72 Å². The van der Waals surface area contributed by atoms with E-state index in [0.29, 0.717) is 6.42 Å². The van der Waals surface area contributed by atoms with Crippen LogP contribution in [0.5, 0.6) is 0 Å². The Bertz CT molecular complexity index is 403. The van der Waals surface area contributed by atoms with Crippen molar-refractivity contribution in [1.82, 2.24) is 4.72 Å². The van der Waals surface area contributed by atoms with Crippen LogP contribution in [0.15, 0.2) is 0 Å². The van der Waals surface area contributed by atoms with Gasteiger partial charge in [0.15, 0.2) is 5.75 Å². The molecule has 0 spiro atoms. The third-order valence-electron chi connectivity index (χ3n) is 1.88. The van der Waals surface area contributed by atoms with Crippen LogP contribution in [0.2, 0.25) is 0 Å². The van der Waals surface area contributed by atoms with E-state index in [9.17, 15) is 13.2 Å². The molecule has 0 fully saturated rings. The van der Waals surface area contributed by atoms with Gasteiger partial charge in [0.05, 0.1) is 12.5 Å². The third-order valence-corrected chi connectivity index (χ3v) is 3.08. The number of aliphatic carboxylic acids is 1. The Morgan fingerprint density at radius 2 is 2.00 bits per heavy atom.